The fourth-order valence-electron chi connectivity index (χ4n) is 2.27. The van der Waals surface area contributed by atoms with Crippen molar-refractivity contribution in [3.05, 3.63) is 0 Å². The van der Waals surface area contributed by atoms with Crippen molar-refractivity contribution in [1.29, 1.82) is 0 Å². The molecule has 1 atom stereocenters. The van der Waals surface area contributed by atoms with Crippen molar-refractivity contribution < 1.29 is 24.2 Å². The Morgan fingerprint density at radius 3 is 2.74 bits per heavy atom. The maximum atomic E-state index is 11.6. The highest BCUT2D eigenvalue weighted by molar-refractivity contribution is 5.92. The number of imide groups is 1. The lowest BCUT2D eigenvalue weighted by Gasteiger charge is -2.34. The van der Waals surface area contributed by atoms with Crippen LogP contribution in [0.3, 0.4) is 0 Å². The number of hydrogen-bond donors (Lipinski definition) is 2. The van der Waals surface area contributed by atoms with E-state index < -0.39 is 18.0 Å². The predicted molar refractivity (Wildman–Crippen MR) is 66.6 cm³/mol. The Bertz CT molecular complexity index is 345. The largest absolute Gasteiger partial charge is 0.481 e. The number of carboxylic acid groups (broad SMARTS) is 1. The molecule has 0 aromatic heterocycles. The molecule has 19 heavy (non-hydrogen) atoms. The number of methoxy groups -OCH3 is 1. The molecule has 1 saturated heterocycles. The van der Waals surface area contributed by atoms with Gasteiger partial charge in [-0.25, -0.2) is 4.79 Å². The first-order valence-corrected chi connectivity index (χ1v) is 6.36. The molecule has 0 radical (unpaired) electrons. The Morgan fingerprint density at radius 1 is 1.37 bits per heavy atom. The van der Waals surface area contributed by atoms with E-state index in [4.69, 9.17) is 5.11 Å². The van der Waals surface area contributed by atoms with Crippen molar-refractivity contribution in [3.8, 4) is 0 Å². The number of amides is 2. The second-order valence-electron chi connectivity index (χ2n) is 4.59. The molecule has 2 N–H and O–H groups in total. The summed E-state index contributed by atoms with van der Waals surface area (Å²) in [5.74, 6) is -1.25. The molecule has 1 rings (SSSR count). The molecular weight excluding hydrogens is 252 g/mol. The summed E-state index contributed by atoms with van der Waals surface area (Å²) in [6.45, 7) is 0.846. The van der Waals surface area contributed by atoms with Crippen molar-refractivity contribution >= 4 is 18.0 Å². The SMILES string of the molecule is COC(=O)NC(=O)CN1CCCCC1CCC(=O)O. The summed E-state index contributed by atoms with van der Waals surface area (Å²) in [6.07, 6.45) is 2.76. The minimum absolute atomic E-state index is 0.0910. The lowest BCUT2D eigenvalue weighted by atomic mass is 9.98. The van der Waals surface area contributed by atoms with Crippen LogP contribution in [0, 0.1) is 0 Å². The number of alkyl carbamates (subject to hydrolysis) is 1. The molecule has 0 saturated carbocycles. The first kappa shape index (κ1) is 15.4. The van der Waals surface area contributed by atoms with E-state index >= 15 is 0 Å². The van der Waals surface area contributed by atoms with E-state index in [0.29, 0.717) is 6.42 Å². The van der Waals surface area contributed by atoms with Crippen LogP contribution in [0.4, 0.5) is 4.79 Å². The van der Waals surface area contributed by atoms with Gasteiger partial charge in [-0.3, -0.25) is 19.8 Å². The van der Waals surface area contributed by atoms with Gasteiger partial charge in [0.2, 0.25) is 5.91 Å². The third kappa shape index (κ3) is 5.69. The number of nitrogens with zero attached hydrogens (tertiary/aromatic N) is 1. The van der Waals surface area contributed by atoms with Crippen molar-refractivity contribution in [1.82, 2.24) is 10.2 Å². The Kier molecular flexibility index (Phi) is 6.27. The number of hydrogen-bond acceptors (Lipinski definition) is 5. The monoisotopic (exact) mass is 272 g/mol. The number of likely N-dealkylation sites (tertiary alicyclic amines) is 1. The molecule has 0 bridgehead atoms. The van der Waals surface area contributed by atoms with Gasteiger partial charge in [-0.2, -0.15) is 0 Å². The van der Waals surface area contributed by atoms with Crippen LogP contribution in [-0.2, 0) is 14.3 Å². The minimum Gasteiger partial charge on any atom is -0.481 e. The maximum Gasteiger partial charge on any atom is 0.413 e. The predicted octanol–water partition coefficient (Wildman–Crippen LogP) is 0.588. The number of carbonyl (C=O) groups excluding carboxylic acids is 2. The molecule has 0 aromatic carbocycles. The lowest BCUT2D eigenvalue weighted by Crippen LogP contribution is -2.46. The fraction of sp³-hybridized carbons (Fsp3) is 0.750. The smallest absolute Gasteiger partial charge is 0.413 e. The third-order valence-electron chi connectivity index (χ3n) is 3.21. The molecule has 7 heteroatoms. The van der Waals surface area contributed by atoms with Crippen LogP contribution in [0.25, 0.3) is 0 Å². The van der Waals surface area contributed by atoms with Gasteiger partial charge in [0.05, 0.1) is 13.7 Å². The number of piperidine rings is 1. The minimum atomic E-state index is -0.829. The molecule has 1 fully saturated rings. The molecule has 108 valence electrons. The summed E-state index contributed by atoms with van der Waals surface area (Å²) in [5, 5.41) is 10.8. The summed E-state index contributed by atoms with van der Waals surface area (Å²) in [6, 6.07) is 0.0910. The summed E-state index contributed by atoms with van der Waals surface area (Å²) in [5.41, 5.74) is 0. The zero-order chi connectivity index (χ0) is 14.3. The molecule has 7 nitrogen and oxygen atoms in total. The van der Waals surface area contributed by atoms with Gasteiger partial charge < -0.3 is 9.84 Å². The molecule has 0 aliphatic carbocycles. The van der Waals surface area contributed by atoms with Crippen LogP contribution in [0.1, 0.15) is 32.1 Å². The third-order valence-corrected chi connectivity index (χ3v) is 3.21. The Hall–Kier alpha value is -1.63. The van der Waals surface area contributed by atoms with E-state index in [-0.39, 0.29) is 19.0 Å². The van der Waals surface area contributed by atoms with Gasteiger partial charge in [0.1, 0.15) is 0 Å². The van der Waals surface area contributed by atoms with Gasteiger partial charge in [-0.1, -0.05) is 6.42 Å². The summed E-state index contributed by atoms with van der Waals surface area (Å²) >= 11 is 0. The van der Waals surface area contributed by atoms with Crippen LogP contribution in [0.2, 0.25) is 0 Å². The number of ether oxygens (including phenoxy) is 1. The van der Waals surface area contributed by atoms with Gasteiger partial charge in [0, 0.05) is 12.5 Å². The van der Waals surface area contributed by atoms with Gasteiger partial charge in [0.25, 0.3) is 0 Å². The lowest BCUT2D eigenvalue weighted by molar-refractivity contribution is -0.137. The molecular formula is C12H20N2O5. The van der Waals surface area contributed by atoms with Gasteiger partial charge in [-0.05, 0) is 25.8 Å². The number of aliphatic carboxylic acids is 1. The van der Waals surface area contributed by atoms with Gasteiger partial charge >= 0.3 is 12.1 Å². The normalized spacial score (nSPS) is 19.7. The van der Waals surface area contributed by atoms with Crippen molar-refractivity contribution in [2.45, 2.75) is 38.1 Å². The maximum absolute atomic E-state index is 11.6. The van der Waals surface area contributed by atoms with Crippen molar-refractivity contribution in [2.24, 2.45) is 0 Å². The van der Waals surface area contributed by atoms with E-state index in [1.165, 1.54) is 7.11 Å². The van der Waals surface area contributed by atoms with E-state index in [9.17, 15) is 14.4 Å². The van der Waals surface area contributed by atoms with Crippen LogP contribution in [0.5, 0.6) is 0 Å². The highest BCUT2D eigenvalue weighted by Crippen LogP contribution is 2.20. The molecule has 2 amide bonds. The van der Waals surface area contributed by atoms with E-state index in [1.807, 2.05) is 4.90 Å². The van der Waals surface area contributed by atoms with Crippen LogP contribution in [0.15, 0.2) is 0 Å². The average molecular weight is 272 g/mol. The van der Waals surface area contributed by atoms with Crippen LogP contribution in [-0.4, -0.2) is 54.2 Å². The second-order valence-corrected chi connectivity index (χ2v) is 4.59. The Labute approximate surface area is 111 Å². The standard InChI is InChI=1S/C12H20N2O5/c1-19-12(18)13-10(15)8-14-7-3-2-4-9(14)5-6-11(16)17/h9H,2-8H2,1H3,(H,16,17)(H,13,15,18). The zero-order valence-electron chi connectivity index (χ0n) is 11.1. The molecule has 0 spiro atoms. The van der Waals surface area contributed by atoms with E-state index in [2.05, 4.69) is 10.1 Å². The summed E-state index contributed by atoms with van der Waals surface area (Å²) in [7, 11) is 1.19. The summed E-state index contributed by atoms with van der Waals surface area (Å²) in [4.78, 5) is 35.0. The highest BCUT2D eigenvalue weighted by atomic mass is 16.5. The van der Waals surface area contributed by atoms with Crippen LogP contribution >= 0.6 is 0 Å². The van der Waals surface area contributed by atoms with E-state index in [1.54, 1.807) is 0 Å². The summed E-state index contributed by atoms with van der Waals surface area (Å²) < 4.78 is 4.35. The van der Waals surface area contributed by atoms with Crippen molar-refractivity contribution in [2.75, 3.05) is 20.2 Å². The highest BCUT2D eigenvalue weighted by Gasteiger charge is 2.25. The van der Waals surface area contributed by atoms with Gasteiger partial charge in [-0.15, -0.1) is 0 Å². The molecule has 1 unspecified atom stereocenters. The fourth-order valence-corrected chi connectivity index (χ4v) is 2.27. The molecule has 1 aliphatic rings. The van der Waals surface area contributed by atoms with Crippen LogP contribution < -0.4 is 5.32 Å². The average Bonchev–Trinajstić information content (AvgIpc) is 2.37. The number of nitrogens with one attached hydrogen (secondary N) is 1. The van der Waals surface area contributed by atoms with E-state index in [0.717, 1.165) is 25.8 Å². The number of carbonyl (C=O) groups is 3. The topological polar surface area (TPSA) is 95.9 Å². The number of rotatable bonds is 5. The molecule has 0 aromatic rings. The Balaban J connectivity index is 2.45. The van der Waals surface area contributed by atoms with Gasteiger partial charge in [0.15, 0.2) is 0 Å². The quantitative estimate of drug-likeness (QED) is 0.760. The second kappa shape index (κ2) is 7.73. The van der Waals surface area contributed by atoms with Crippen molar-refractivity contribution in [3.63, 3.8) is 0 Å². The first-order chi connectivity index (χ1) is 9.02. The molecule has 1 heterocycles. The molecule has 1 aliphatic heterocycles. The Morgan fingerprint density at radius 2 is 2.11 bits per heavy atom. The first-order valence-electron chi connectivity index (χ1n) is 6.36. The zero-order valence-corrected chi connectivity index (χ0v) is 11.1. The number of carboxylic acids is 1.